The Hall–Kier alpha value is -0.0500. The minimum atomic E-state index is -0.0829. The van der Waals surface area contributed by atoms with Gasteiger partial charge in [0.1, 0.15) is 10.9 Å². The molecule has 2 atom stereocenters. The van der Waals surface area contributed by atoms with Crippen molar-refractivity contribution in [3.8, 4) is 0 Å². The third-order valence-corrected chi connectivity index (χ3v) is 3.14. The Bertz CT molecular complexity index is 170. The van der Waals surface area contributed by atoms with Crippen molar-refractivity contribution in [1.29, 1.82) is 0 Å². The van der Waals surface area contributed by atoms with Crippen LogP contribution in [0.1, 0.15) is 45.4 Å². The molecular weight excluding hydrogens is 232 g/mol. The number of hydrogen-bond donors (Lipinski definition) is 0. The smallest absolute Gasteiger partial charge is 0.320 e. The lowest BCUT2D eigenvalue weighted by Gasteiger charge is -2.07. The molecule has 1 saturated heterocycles. The first-order chi connectivity index (χ1) is 6.24. The third-order valence-electron chi connectivity index (χ3n) is 2.39. The van der Waals surface area contributed by atoms with Gasteiger partial charge >= 0.3 is 5.97 Å². The molecule has 0 amide bonds. The normalized spacial score (nSPS) is 27.7. The number of unbranched alkanes of at least 4 members (excludes halogenated alkanes) is 3. The van der Waals surface area contributed by atoms with Gasteiger partial charge in [0, 0.05) is 6.42 Å². The average Bonchev–Trinajstić information content (AvgIpc) is 2.41. The van der Waals surface area contributed by atoms with Crippen molar-refractivity contribution >= 4 is 21.9 Å². The molecule has 1 heterocycles. The van der Waals surface area contributed by atoms with Gasteiger partial charge in [-0.15, -0.1) is 0 Å². The highest BCUT2D eigenvalue weighted by atomic mass is 79.9. The van der Waals surface area contributed by atoms with E-state index in [4.69, 9.17) is 4.74 Å². The summed E-state index contributed by atoms with van der Waals surface area (Å²) in [7, 11) is 0. The Morgan fingerprint density at radius 3 is 2.77 bits per heavy atom. The molecule has 1 aliphatic heterocycles. The van der Waals surface area contributed by atoms with E-state index in [1.54, 1.807) is 0 Å². The van der Waals surface area contributed by atoms with Crippen molar-refractivity contribution in [1.82, 2.24) is 0 Å². The van der Waals surface area contributed by atoms with Gasteiger partial charge < -0.3 is 4.74 Å². The highest BCUT2D eigenvalue weighted by Gasteiger charge is 2.31. The molecule has 0 bridgehead atoms. The predicted molar refractivity (Wildman–Crippen MR) is 56.0 cm³/mol. The number of hydrogen-bond acceptors (Lipinski definition) is 2. The molecular formula is C10H17BrO2. The molecule has 1 aliphatic rings. The van der Waals surface area contributed by atoms with Crippen LogP contribution >= 0.6 is 15.9 Å². The van der Waals surface area contributed by atoms with Crippen LogP contribution in [-0.4, -0.2) is 16.9 Å². The van der Waals surface area contributed by atoms with E-state index in [0.29, 0.717) is 0 Å². The van der Waals surface area contributed by atoms with E-state index in [1.807, 2.05) is 0 Å². The van der Waals surface area contributed by atoms with Gasteiger partial charge in [0.15, 0.2) is 0 Å². The van der Waals surface area contributed by atoms with E-state index >= 15 is 0 Å². The van der Waals surface area contributed by atoms with Gasteiger partial charge in [-0.25, -0.2) is 0 Å². The monoisotopic (exact) mass is 248 g/mol. The zero-order valence-electron chi connectivity index (χ0n) is 8.09. The van der Waals surface area contributed by atoms with Crippen LogP contribution in [-0.2, 0) is 9.53 Å². The summed E-state index contributed by atoms with van der Waals surface area (Å²) in [6.45, 7) is 2.20. The van der Waals surface area contributed by atoms with Gasteiger partial charge in [-0.3, -0.25) is 4.79 Å². The molecule has 2 nitrogen and oxygen atoms in total. The number of ether oxygens (including phenoxy) is 1. The fourth-order valence-electron chi connectivity index (χ4n) is 1.59. The van der Waals surface area contributed by atoms with E-state index in [-0.39, 0.29) is 16.9 Å². The second-order valence-corrected chi connectivity index (χ2v) is 4.72. The van der Waals surface area contributed by atoms with Crippen LogP contribution in [0.4, 0.5) is 0 Å². The standard InChI is InChI=1S/C10H17BrO2/c1-2-3-4-5-6-8-7-9(11)10(12)13-8/h8-9H,2-7H2,1H3. The van der Waals surface area contributed by atoms with Crippen LogP contribution in [0.5, 0.6) is 0 Å². The molecule has 0 spiro atoms. The number of alkyl halides is 1. The van der Waals surface area contributed by atoms with E-state index < -0.39 is 0 Å². The van der Waals surface area contributed by atoms with Crippen molar-refractivity contribution < 1.29 is 9.53 Å². The van der Waals surface area contributed by atoms with Gasteiger partial charge in [-0.1, -0.05) is 42.1 Å². The lowest BCUT2D eigenvalue weighted by molar-refractivity contribution is -0.141. The molecule has 3 heteroatoms. The zero-order valence-corrected chi connectivity index (χ0v) is 9.68. The van der Waals surface area contributed by atoms with Gasteiger partial charge in [0.05, 0.1) is 0 Å². The van der Waals surface area contributed by atoms with Crippen molar-refractivity contribution in [2.24, 2.45) is 0 Å². The molecule has 0 aromatic carbocycles. The van der Waals surface area contributed by atoms with Gasteiger partial charge in [0.25, 0.3) is 0 Å². The van der Waals surface area contributed by atoms with Crippen LogP contribution in [0.15, 0.2) is 0 Å². The first-order valence-electron chi connectivity index (χ1n) is 5.08. The summed E-state index contributed by atoms with van der Waals surface area (Å²) < 4.78 is 5.17. The highest BCUT2D eigenvalue weighted by Crippen LogP contribution is 2.24. The molecule has 1 fully saturated rings. The molecule has 2 unspecified atom stereocenters. The highest BCUT2D eigenvalue weighted by molar-refractivity contribution is 9.10. The van der Waals surface area contributed by atoms with Crippen LogP contribution in [0.3, 0.4) is 0 Å². The van der Waals surface area contributed by atoms with Gasteiger partial charge in [0.2, 0.25) is 0 Å². The Kier molecular flexibility index (Phi) is 4.78. The summed E-state index contributed by atoms with van der Waals surface area (Å²) in [6, 6.07) is 0. The lowest BCUT2D eigenvalue weighted by Crippen LogP contribution is -2.06. The molecule has 0 aliphatic carbocycles. The van der Waals surface area contributed by atoms with Crippen molar-refractivity contribution in [2.75, 3.05) is 0 Å². The van der Waals surface area contributed by atoms with Crippen LogP contribution < -0.4 is 0 Å². The number of carbonyl (C=O) groups excluding carboxylic acids is 1. The van der Waals surface area contributed by atoms with Gasteiger partial charge in [-0.05, 0) is 12.8 Å². The first-order valence-corrected chi connectivity index (χ1v) is 6.00. The largest absolute Gasteiger partial charge is 0.461 e. The molecule has 1 rings (SSSR count). The molecule has 0 saturated carbocycles. The Morgan fingerprint density at radius 2 is 2.23 bits per heavy atom. The van der Waals surface area contributed by atoms with E-state index in [9.17, 15) is 4.79 Å². The van der Waals surface area contributed by atoms with Crippen LogP contribution in [0.25, 0.3) is 0 Å². The number of esters is 1. The summed E-state index contributed by atoms with van der Waals surface area (Å²) >= 11 is 3.29. The van der Waals surface area contributed by atoms with E-state index in [0.717, 1.165) is 12.8 Å². The minimum Gasteiger partial charge on any atom is -0.461 e. The third kappa shape index (κ3) is 3.67. The summed E-state index contributed by atoms with van der Waals surface area (Å²) in [5.74, 6) is -0.0829. The maximum absolute atomic E-state index is 11.0. The van der Waals surface area contributed by atoms with Crippen molar-refractivity contribution in [3.63, 3.8) is 0 Å². The summed E-state index contributed by atoms with van der Waals surface area (Å²) in [4.78, 5) is 11.0. The maximum atomic E-state index is 11.0. The predicted octanol–water partition coefficient (Wildman–Crippen LogP) is 3.04. The fraction of sp³-hybridized carbons (Fsp3) is 0.900. The number of rotatable bonds is 5. The lowest BCUT2D eigenvalue weighted by atomic mass is 10.1. The molecule has 0 aromatic heterocycles. The Labute approximate surface area is 88.2 Å². The fourth-order valence-corrected chi connectivity index (χ4v) is 2.11. The summed E-state index contributed by atoms with van der Waals surface area (Å²) in [5.41, 5.74) is 0. The van der Waals surface area contributed by atoms with Gasteiger partial charge in [-0.2, -0.15) is 0 Å². The zero-order chi connectivity index (χ0) is 9.68. The number of halogens is 1. The molecule has 0 N–H and O–H groups in total. The minimum absolute atomic E-state index is 0.0522. The molecule has 0 radical (unpaired) electrons. The van der Waals surface area contributed by atoms with Crippen LogP contribution in [0, 0.1) is 0 Å². The molecule has 13 heavy (non-hydrogen) atoms. The number of carbonyl (C=O) groups is 1. The first kappa shape index (κ1) is 11.0. The quantitative estimate of drug-likeness (QED) is 0.425. The number of cyclic esters (lactones) is 1. The average molecular weight is 249 g/mol. The second-order valence-electron chi connectivity index (χ2n) is 3.61. The topological polar surface area (TPSA) is 26.3 Å². The Balaban J connectivity index is 2.07. The second kappa shape index (κ2) is 5.63. The van der Waals surface area contributed by atoms with Crippen LogP contribution in [0.2, 0.25) is 0 Å². The Morgan fingerprint density at radius 1 is 1.46 bits per heavy atom. The maximum Gasteiger partial charge on any atom is 0.320 e. The molecule has 0 aromatic rings. The summed E-state index contributed by atoms with van der Waals surface area (Å²) in [5, 5.41) is 0. The van der Waals surface area contributed by atoms with E-state index in [2.05, 4.69) is 22.9 Å². The summed E-state index contributed by atoms with van der Waals surface area (Å²) in [6.07, 6.45) is 7.06. The van der Waals surface area contributed by atoms with E-state index in [1.165, 1.54) is 25.7 Å². The van der Waals surface area contributed by atoms with Crippen molar-refractivity contribution in [2.45, 2.75) is 56.4 Å². The van der Waals surface area contributed by atoms with Crippen molar-refractivity contribution in [3.05, 3.63) is 0 Å². The SMILES string of the molecule is CCCCCCC1CC(Br)C(=O)O1. The molecule has 76 valence electrons.